The van der Waals surface area contributed by atoms with Gasteiger partial charge >= 0.3 is 11.6 Å². The Morgan fingerprint density at radius 2 is 1.92 bits per heavy atom. The predicted octanol–water partition coefficient (Wildman–Crippen LogP) is 3.75. The van der Waals surface area contributed by atoms with E-state index in [-0.39, 0.29) is 18.8 Å². The monoisotopic (exact) mass is 358 g/mol. The number of ether oxygens (including phenoxy) is 1. The SMILES string of the molecule is Cc1cc2oc(=O)cc(COC(=O)Cc3ccc(O)cc3)c2cc1Cl. The largest absolute Gasteiger partial charge is 0.508 e. The van der Waals surface area contributed by atoms with Crippen molar-refractivity contribution < 1.29 is 19.1 Å². The Labute approximate surface area is 148 Å². The van der Waals surface area contributed by atoms with Crippen LogP contribution in [-0.2, 0) is 22.6 Å². The molecule has 0 saturated heterocycles. The number of halogens is 1. The molecule has 5 nitrogen and oxygen atoms in total. The van der Waals surface area contributed by atoms with Crippen molar-refractivity contribution in [1.29, 1.82) is 0 Å². The van der Waals surface area contributed by atoms with Crippen LogP contribution in [0.4, 0.5) is 0 Å². The number of rotatable bonds is 4. The van der Waals surface area contributed by atoms with Crippen LogP contribution in [0.15, 0.2) is 51.7 Å². The summed E-state index contributed by atoms with van der Waals surface area (Å²) in [5.74, 6) is -0.308. The third kappa shape index (κ3) is 4.00. The minimum Gasteiger partial charge on any atom is -0.508 e. The molecule has 0 aliphatic heterocycles. The highest BCUT2D eigenvalue weighted by Crippen LogP contribution is 2.25. The number of benzene rings is 2. The number of carbonyl (C=O) groups excluding carboxylic acids is 1. The van der Waals surface area contributed by atoms with E-state index in [0.717, 1.165) is 11.1 Å². The van der Waals surface area contributed by atoms with E-state index in [0.29, 0.717) is 21.6 Å². The molecule has 3 aromatic rings. The summed E-state index contributed by atoms with van der Waals surface area (Å²) in [4.78, 5) is 23.7. The van der Waals surface area contributed by atoms with E-state index in [1.807, 2.05) is 6.92 Å². The molecular formula is C19H15ClO5. The fourth-order valence-electron chi connectivity index (χ4n) is 2.46. The van der Waals surface area contributed by atoms with Gasteiger partial charge in [0.1, 0.15) is 17.9 Å². The van der Waals surface area contributed by atoms with Crippen molar-refractivity contribution in [1.82, 2.24) is 0 Å². The predicted molar refractivity (Wildman–Crippen MR) is 93.8 cm³/mol. The van der Waals surface area contributed by atoms with Gasteiger partial charge in [0.2, 0.25) is 0 Å². The number of fused-ring (bicyclic) bond motifs is 1. The van der Waals surface area contributed by atoms with Gasteiger partial charge in [0, 0.05) is 22.0 Å². The lowest BCUT2D eigenvalue weighted by Crippen LogP contribution is -2.10. The van der Waals surface area contributed by atoms with Crippen LogP contribution >= 0.6 is 11.6 Å². The van der Waals surface area contributed by atoms with Crippen LogP contribution < -0.4 is 5.63 Å². The first-order valence-electron chi connectivity index (χ1n) is 7.59. The summed E-state index contributed by atoms with van der Waals surface area (Å²) in [7, 11) is 0. The van der Waals surface area contributed by atoms with Gasteiger partial charge in [-0.1, -0.05) is 23.7 Å². The average Bonchev–Trinajstić information content (AvgIpc) is 2.56. The molecule has 0 unspecified atom stereocenters. The molecular weight excluding hydrogens is 344 g/mol. The molecule has 128 valence electrons. The molecule has 0 fully saturated rings. The van der Waals surface area contributed by atoms with E-state index in [9.17, 15) is 14.7 Å². The highest BCUT2D eigenvalue weighted by Gasteiger charge is 2.11. The molecule has 0 amide bonds. The van der Waals surface area contributed by atoms with Gasteiger partial charge in [-0.3, -0.25) is 4.79 Å². The number of phenols is 1. The van der Waals surface area contributed by atoms with Gasteiger partial charge in [0.25, 0.3) is 0 Å². The van der Waals surface area contributed by atoms with Gasteiger partial charge < -0.3 is 14.3 Å². The smallest absolute Gasteiger partial charge is 0.336 e. The van der Waals surface area contributed by atoms with Crippen LogP contribution in [0.25, 0.3) is 11.0 Å². The van der Waals surface area contributed by atoms with Crippen LogP contribution in [0, 0.1) is 6.92 Å². The fourth-order valence-corrected chi connectivity index (χ4v) is 2.62. The van der Waals surface area contributed by atoms with E-state index in [2.05, 4.69) is 0 Å². The standard InChI is InChI=1S/C19H15ClO5/c1-11-6-17-15(9-16(11)20)13(8-19(23)25-17)10-24-18(22)7-12-2-4-14(21)5-3-12/h2-6,8-9,21H,7,10H2,1H3. The van der Waals surface area contributed by atoms with Crippen LogP contribution in [0.3, 0.4) is 0 Å². The summed E-state index contributed by atoms with van der Waals surface area (Å²) in [6, 6.07) is 11.0. The highest BCUT2D eigenvalue weighted by atomic mass is 35.5. The lowest BCUT2D eigenvalue weighted by atomic mass is 10.1. The van der Waals surface area contributed by atoms with Gasteiger partial charge in [0.15, 0.2) is 0 Å². The Kier molecular flexibility index (Phi) is 4.76. The third-order valence-corrected chi connectivity index (χ3v) is 4.19. The maximum atomic E-state index is 12.0. The molecule has 1 aromatic heterocycles. The van der Waals surface area contributed by atoms with Crippen molar-refractivity contribution in [3.63, 3.8) is 0 Å². The van der Waals surface area contributed by atoms with E-state index in [1.54, 1.807) is 24.3 Å². The average molecular weight is 359 g/mol. The summed E-state index contributed by atoms with van der Waals surface area (Å²) in [5, 5.41) is 10.4. The Balaban J connectivity index is 1.78. The van der Waals surface area contributed by atoms with Crippen LogP contribution in [0.1, 0.15) is 16.7 Å². The Bertz CT molecular complexity index is 989. The van der Waals surface area contributed by atoms with Crippen molar-refractivity contribution in [2.45, 2.75) is 20.0 Å². The third-order valence-electron chi connectivity index (χ3n) is 3.78. The number of esters is 1. The molecule has 6 heteroatoms. The summed E-state index contributed by atoms with van der Waals surface area (Å²) < 4.78 is 10.4. The first-order chi connectivity index (χ1) is 11.9. The van der Waals surface area contributed by atoms with Crippen LogP contribution in [-0.4, -0.2) is 11.1 Å². The number of carbonyl (C=O) groups is 1. The molecule has 0 aliphatic rings. The molecule has 3 rings (SSSR count). The Hall–Kier alpha value is -2.79. The van der Waals surface area contributed by atoms with E-state index < -0.39 is 11.6 Å². The maximum Gasteiger partial charge on any atom is 0.336 e. The van der Waals surface area contributed by atoms with E-state index in [1.165, 1.54) is 18.2 Å². The minimum absolute atomic E-state index is 0.0571. The summed E-state index contributed by atoms with van der Waals surface area (Å²) in [6.07, 6.45) is 0.0690. The van der Waals surface area contributed by atoms with Gasteiger partial charge in [-0.05, 0) is 42.3 Å². The van der Waals surface area contributed by atoms with Crippen molar-refractivity contribution >= 4 is 28.5 Å². The molecule has 0 radical (unpaired) electrons. The van der Waals surface area contributed by atoms with Crippen molar-refractivity contribution in [3.05, 3.63) is 74.6 Å². The lowest BCUT2D eigenvalue weighted by molar-refractivity contribution is -0.144. The Morgan fingerprint density at radius 1 is 1.20 bits per heavy atom. The summed E-state index contributed by atoms with van der Waals surface area (Å²) in [6.45, 7) is 1.75. The molecule has 0 atom stereocenters. The van der Waals surface area contributed by atoms with Crippen molar-refractivity contribution in [2.75, 3.05) is 0 Å². The number of phenolic OH excluding ortho intramolecular Hbond substituents is 1. The normalized spacial score (nSPS) is 10.8. The van der Waals surface area contributed by atoms with Gasteiger partial charge in [-0.25, -0.2) is 4.79 Å². The topological polar surface area (TPSA) is 76.7 Å². The number of aryl methyl sites for hydroxylation is 1. The summed E-state index contributed by atoms with van der Waals surface area (Å²) >= 11 is 6.13. The van der Waals surface area contributed by atoms with E-state index in [4.69, 9.17) is 20.8 Å². The van der Waals surface area contributed by atoms with Crippen molar-refractivity contribution in [2.24, 2.45) is 0 Å². The van der Waals surface area contributed by atoms with Gasteiger partial charge in [0.05, 0.1) is 6.42 Å². The second kappa shape index (κ2) is 6.99. The molecule has 25 heavy (non-hydrogen) atoms. The van der Waals surface area contributed by atoms with Crippen LogP contribution in [0.5, 0.6) is 5.75 Å². The maximum absolute atomic E-state index is 12.0. The minimum atomic E-state index is -0.515. The zero-order valence-corrected chi connectivity index (χ0v) is 14.2. The number of aromatic hydroxyl groups is 1. The Morgan fingerprint density at radius 3 is 2.64 bits per heavy atom. The molecule has 1 N–H and O–H groups in total. The quantitative estimate of drug-likeness (QED) is 0.567. The molecule has 0 aliphatic carbocycles. The number of hydrogen-bond acceptors (Lipinski definition) is 5. The molecule has 2 aromatic carbocycles. The van der Waals surface area contributed by atoms with Crippen molar-refractivity contribution in [3.8, 4) is 5.75 Å². The van der Waals surface area contributed by atoms with E-state index >= 15 is 0 Å². The number of hydrogen-bond donors (Lipinski definition) is 1. The molecule has 1 heterocycles. The van der Waals surface area contributed by atoms with Crippen LogP contribution in [0.2, 0.25) is 5.02 Å². The first kappa shape index (κ1) is 17.0. The van der Waals surface area contributed by atoms with Gasteiger partial charge in [-0.2, -0.15) is 0 Å². The highest BCUT2D eigenvalue weighted by molar-refractivity contribution is 6.32. The molecule has 0 bridgehead atoms. The molecule has 0 saturated carbocycles. The zero-order valence-electron chi connectivity index (χ0n) is 13.4. The summed E-state index contributed by atoms with van der Waals surface area (Å²) in [5.41, 5.74) is 1.93. The second-order valence-electron chi connectivity index (χ2n) is 5.69. The lowest BCUT2D eigenvalue weighted by Gasteiger charge is -2.09. The second-order valence-corrected chi connectivity index (χ2v) is 6.10. The first-order valence-corrected chi connectivity index (χ1v) is 7.96. The fraction of sp³-hybridized carbons (Fsp3) is 0.158. The van der Waals surface area contributed by atoms with Gasteiger partial charge in [-0.15, -0.1) is 0 Å². The zero-order chi connectivity index (χ0) is 18.0. The molecule has 0 spiro atoms.